The summed E-state index contributed by atoms with van der Waals surface area (Å²) in [6.07, 6.45) is 0. The molecule has 4 nitrogen and oxygen atoms in total. The lowest BCUT2D eigenvalue weighted by atomic mass is 10.1. The molecule has 0 saturated heterocycles. The van der Waals surface area contributed by atoms with Crippen LogP contribution in [0.3, 0.4) is 0 Å². The summed E-state index contributed by atoms with van der Waals surface area (Å²) in [6, 6.07) is 0. The van der Waals surface area contributed by atoms with E-state index in [9.17, 15) is 9.59 Å². The van der Waals surface area contributed by atoms with Gasteiger partial charge in [-0.2, -0.15) is 0 Å². The molecule has 0 radical (unpaired) electrons. The average molecular weight is 162 g/mol. The van der Waals surface area contributed by atoms with Gasteiger partial charge >= 0.3 is 18.9 Å². The minimum absolute atomic E-state index is 0.294. The van der Waals surface area contributed by atoms with E-state index < -0.39 is 20.0 Å². The highest BCUT2D eigenvalue weighted by molar-refractivity contribution is 7.72. The molecule has 0 aliphatic heterocycles. The second kappa shape index (κ2) is 5.24. The smallest absolute Gasteiger partial charge is 0.341 e. The van der Waals surface area contributed by atoms with Crippen molar-refractivity contribution in [2.24, 2.45) is 0 Å². The third-order valence-corrected chi connectivity index (χ3v) is 1.42. The number of carbonyl (C=O) groups excluding carboxylic acids is 2. The Hall–Kier alpha value is -0.565. The standard InChI is InChI=1S/C4H8BO4P/c1-5-9-4(7)10-3(6)8-2/h5,10H,1-2H3. The van der Waals surface area contributed by atoms with Crippen LogP contribution >= 0.6 is 8.58 Å². The van der Waals surface area contributed by atoms with Gasteiger partial charge in [-0.15, -0.1) is 0 Å². The SMILES string of the molecule is CBOC(=O)PC(=O)OC. The maximum atomic E-state index is 10.5. The summed E-state index contributed by atoms with van der Waals surface area (Å²) in [6.45, 7) is 1.68. The van der Waals surface area contributed by atoms with Gasteiger partial charge in [0.05, 0.1) is 7.11 Å². The Morgan fingerprint density at radius 3 is 2.40 bits per heavy atom. The topological polar surface area (TPSA) is 52.6 Å². The Bertz CT molecular complexity index is 137. The van der Waals surface area contributed by atoms with E-state index in [1.165, 1.54) is 7.11 Å². The van der Waals surface area contributed by atoms with Crippen LogP contribution in [-0.4, -0.2) is 26.0 Å². The lowest BCUT2D eigenvalue weighted by molar-refractivity contribution is 0.198. The van der Waals surface area contributed by atoms with Crippen LogP contribution in [0.4, 0.5) is 9.59 Å². The number of hydrogen-bond donors (Lipinski definition) is 0. The summed E-state index contributed by atoms with van der Waals surface area (Å²) in [7, 11) is 0.990. The zero-order chi connectivity index (χ0) is 7.98. The molecule has 0 rings (SSSR count). The van der Waals surface area contributed by atoms with Gasteiger partial charge in [-0.1, -0.05) is 6.82 Å². The summed E-state index contributed by atoms with van der Waals surface area (Å²) in [5.74, 6) is 0. The quantitative estimate of drug-likeness (QED) is 0.458. The van der Waals surface area contributed by atoms with Crippen LogP contribution in [0.2, 0.25) is 6.82 Å². The molecule has 0 aromatic carbocycles. The third kappa shape index (κ3) is 4.33. The van der Waals surface area contributed by atoms with E-state index >= 15 is 0 Å². The predicted molar refractivity (Wildman–Crippen MR) is 40.2 cm³/mol. The molecular weight excluding hydrogens is 154 g/mol. The molecule has 0 aliphatic rings. The van der Waals surface area contributed by atoms with Gasteiger partial charge in [-0.05, 0) is 0 Å². The normalized spacial score (nSPS) is 9.40. The van der Waals surface area contributed by atoms with Crippen LogP contribution in [0.15, 0.2) is 0 Å². The van der Waals surface area contributed by atoms with Gasteiger partial charge in [-0.25, -0.2) is 9.59 Å². The molecule has 10 heavy (non-hydrogen) atoms. The van der Waals surface area contributed by atoms with Gasteiger partial charge in [-0.3, -0.25) is 0 Å². The Morgan fingerprint density at radius 1 is 1.40 bits per heavy atom. The zero-order valence-electron chi connectivity index (χ0n) is 5.84. The fraction of sp³-hybridized carbons (Fsp3) is 0.500. The molecule has 1 atom stereocenters. The molecule has 0 spiro atoms. The van der Waals surface area contributed by atoms with Crippen molar-refractivity contribution in [2.75, 3.05) is 7.11 Å². The summed E-state index contributed by atoms with van der Waals surface area (Å²) >= 11 is 0. The van der Waals surface area contributed by atoms with E-state index in [0.717, 1.165) is 0 Å². The van der Waals surface area contributed by atoms with Crippen molar-refractivity contribution in [3.05, 3.63) is 0 Å². The molecule has 56 valence electrons. The van der Waals surface area contributed by atoms with E-state index in [-0.39, 0.29) is 0 Å². The first-order chi connectivity index (χ1) is 4.70. The van der Waals surface area contributed by atoms with Gasteiger partial charge in [0, 0.05) is 0 Å². The van der Waals surface area contributed by atoms with E-state index in [1.54, 1.807) is 6.82 Å². The second-order valence-electron chi connectivity index (χ2n) is 1.34. The molecule has 1 unspecified atom stereocenters. The largest absolute Gasteiger partial charge is 0.537 e. The molecule has 0 aromatic heterocycles. The minimum atomic E-state index is -0.543. The Morgan fingerprint density at radius 2 is 2.00 bits per heavy atom. The van der Waals surface area contributed by atoms with E-state index in [4.69, 9.17) is 0 Å². The van der Waals surface area contributed by atoms with Crippen molar-refractivity contribution in [3.8, 4) is 0 Å². The van der Waals surface area contributed by atoms with Gasteiger partial charge < -0.3 is 9.39 Å². The van der Waals surface area contributed by atoms with Gasteiger partial charge in [0.25, 0.3) is 0 Å². The fourth-order valence-corrected chi connectivity index (χ4v) is 0.787. The fourth-order valence-electron chi connectivity index (χ4n) is 0.302. The van der Waals surface area contributed by atoms with Crippen molar-refractivity contribution in [2.45, 2.75) is 6.82 Å². The number of hydrogen-bond acceptors (Lipinski definition) is 4. The number of methoxy groups -OCH3 is 1. The number of carbonyl (C=O) groups is 2. The average Bonchev–Trinajstić information content (AvgIpc) is 1.88. The van der Waals surface area contributed by atoms with Crippen LogP contribution in [0.1, 0.15) is 0 Å². The highest BCUT2D eigenvalue weighted by atomic mass is 31.1. The summed E-state index contributed by atoms with van der Waals surface area (Å²) in [5, 5.41) is 0. The third-order valence-electron chi connectivity index (χ3n) is 0.665. The van der Waals surface area contributed by atoms with Crippen LogP contribution in [-0.2, 0) is 9.39 Å². The van der Waals surface area contributed by atoms with Crippen LogP contribution in [0.5, 0.6) is 0 Å². The summed E-state index contributed by atoms with van der Waals surface area (Å²) in [4.78, 5) is 20.9. The Kier molecular flexibility index (Phi) is 4.94. The van der Waals surface area contributed by atoms with Crippen LogP contribution < -0.4 is 0 Å². The van der Waals surface area contributed by atoms with E-state index in [0.29, 0.717) is 7.48 Å². The van der Waals surface area contributed by atoms with E-state index in [1.807, 2.05) is 0 Å². The van der Waals surface area contributed by atoms with Gasteiger partial charge in [0.15, 0.2) is 0 Å². The number of ether oxygens (including phenoxy) is 1. The monoisotopic (exact) mass is 162 g/mol. The van der Waals surface area contributed by atoms with Crippen molar-refractivity contribution in [1.82, 2.24) is 0 Å². The number of rotatable bonds is 3. The minimum Gasteiger partial charge on any atom is -0.537 e. The molecule has 0 fully saturated rings. The lowest BCUT2D eigenvalue weighted by Gasteiger charge is -1.98. The summed E-state index contributed by atoms with van der Waals surface area (Å²) in [5.41, 5.74) is -1.06. The van der Waals surface area contributed by atoms with Gasteiger partial charge in [0.1, 0.15) is 8.58 Å². The van der Waals surface area contributed by atoms with Crippen molar-refractivity contribution < 1.29 is 19.0 Å². The lowest BCUT2D eigenvalue weighted by Crippen LogP contribution is -2.01. The second-order valence-corrected chi connectivity index (χ2v) is 2.40. The van der Waals surface area contributed by atoms with Crippen molar-refractivity contribution >= 4 is 27.5 Å². The first-order valence-electron chi connectivity index (χ1n) is 2.72. The Balaban J connectivity index is 3.47. The maximum Gasteiger partial charge on any atom is 0.341 e. The first kappa shape index (κ1) is 9.43. The molecule has 0 saturated carbocycles. The zero-order valence-corrected chi connectivity index (χ0v) is 6.84. The highest BCUT2D eigenvalue weighted by Crippen LogP contribution is 2.15. The molecule has 0 aromatic rings. The molecule has 0 N–H and O–H groups in total. The maximum absolute atomic E-state index is 10.5. The molecule has 0 aliphatic carbocycles. The highest BCUT2D eigenvalue weighted by Gasteiger charge is 2.08. The van der Waals surface area contributed by atoms with Crippen molar-refractivity contribution in [3.63, 3.8) is 0 Å². The van der Waals surface area contributed by atoms with Crippen molar-refractivity contribution in [1.29, 1.82) is 0 Å². The van der Waals surface area contributed by atoms with Gasteiger partial charge in [0.2, 0.25) is 0 Å². The molecular formula is C4H8BO4P. The molecule has 0 bridgehead atoms. The van der Waals surface area contributed by atoms with E-state index in [2.05, 4.69) is 9.39 Å². The van der Waals surface area contributed by atoms with Crippen LogP contribution in [0.25, 0.3) is 0 Å². The summed E-state index contributed by atoms with van der Waals surface area (Å²) < 4.78 is 8.73. The first-order valence-corrected chi connectivity index (χ1v) is 3.72. The van der Waals surface area contributed by atoms with Crippen LogP contribution in [0, 0.1) is 0 Å². The molecule has 6 heteroatoms. The molecule has 0 amide bonds. The Labute approximate surface area is 61.3 Å². The predicted octanol–water partition coefficient (Wildman–Crippen LogP) is 0.967. The molecule has 0 heterocycles.